The van der Waals surface area contributed by atoms with E-state index in [2.05, 4.69) is 15.6 Å². The maximum absolute atomic E-state index is 13.4. The van der Waals surface area contributed by atoms with Crippen molar-refractivity contribution in [1.82, 2.24) is 19.9 Å². The Morgan fingerprint density at radius 2 is 1.86 bits per heavy atom. The monoisotopic (exact) mass is 483 g/mol. The average Bonchev–Trinajstić information content (AvgIpc) is 3.42. The van der Waals surface area contributed by atoms with Crippen LogP contribution in [-0.4, -0.2) is 51.0 Å². The van der Waals surface area contributed by atoms with Crippen molar-refractivity contribution in [2.45, 2.75) is 50.7 Å². The Morgan fingerprint density at radius 1 is 1.11 bits per heavy atom. The van der Waals surface area contributed by atoms with Gasteiger partial charge in [-0.3, -0.25) is 9.59 Å². The van der Waals surface area contributed by atoms with E-state index in [4.69, 9.17) is 0 Å². The summed E-state index contributed by atoms with van der Waals surface area (Å²) >= 11 is 0. The highest BCUT2D eigenvalue weighted by atomic mass is 19.4. The van der Waals surface area contributed by atoms with Gasteiger partial charge in [0.05, 0.1) is 11.2 Å². The molecule has 1 saturated carbocycles. The molecule has 10 heteroatoms. The van der Waals surface area contributed by atoms with Crippen LogP contribution in [0.5, 0.6) is 0 Å². The molecule has 2 fully saturated rings. The Bertz CT molecular complexity index is 1370. The number of nitrogens with one attached hydrogen (secondary N) is 1. The predicted molar refractivity (Wildman–Crippen MR) is 122 cm³/mol. The molecule has 2 aliphatic heterocycles. The number of hydrogen-bond donors (Lipinski definition) is 1. The van der Waals surface area contributed by atoms with Gasteiger partial charge in [0.2, 0.25) is 5.91 Å². The number of rotatable bonds is 4. The van der Waals surface area contributed by atoms with Gasteiger partial charge in [0.15, 0.2) is 0 Å². The maximum atomic E-state index is 13.4. The standard InChI is InChI=1S/C25H24F3N5O2/c1-23(9-11-32(12-10-23)22(35)24(7-8-24)25(26,27)28)33-14-16(30-31-33)13-15-5-6-19-20-17(15)3-2-4-18(20)21(34)29-19/h2-6,14H,7-13H2,1H3,(H,29,34). The van der Waals surface area contributed by atoms with Crippen LogP contribution in [0.1, 0.15) is 54.2 Å². The molecule has 2 aromatic carbocycles. The molecule has 7 nitrogen and oxygen atoms in total. The number of aromatic nitrogens is 3. The van der Waals surface area contributed by atoms with Crippen molar-refractivity contribution < 1.29 is 22.8 Å². The van der Waals surface area contributed by atoms with Gasteiger partial charge in [-0.2, -0.15) is 13.2 Å². The van der Waals surface area contributed by atoms with Crippen LogP contribution in [0.4, 0.5) is 18.9 Å². The molecule has 182 valence electrons. The number of benzene rings is 2. The van der Waals surface area contributed by atoms with E-state index in [0.717, 1.165) is 27.7 Å². The highest BCUT2D eigenvalue weighted by Crippen LogP contribution is 2.59. The minimum atomic E-state index is -4.49. The van der Waals surface area contributed by atoms with Crippen molar-refractivity contribution >= 4 is 28.3 Å². The Hall–Kier alpha value is -3.43. The molecule has 1 aromatic heterocycles. The number of amides is 2. The highest BCUT2D eigenvalue weighted by molar-refractivity contribution is 6.24. The average molecular weight is 483 g/mol. The first-order valence-electron chi connectivity index (χ1n) is 11.8. The number of halogens is 3. The number of piperidine rings is 1. The van der Waals surface area contributed by atoms with Crippen molar-refractivity contribution in [3.63, 3.8) is 0 Å². The summed E-state index contributed by atoms with van der Waals surface area (Å²) in [5.41, 5.74) is 0.657. The second-order valence-corrected chi connectivity index (χ2v) is 10.2. The number of nitrogens with zero attached hydrogens (tertiary/aromatic N) is 4. The molecule has 1 saturated heterocycles. The molecule has 2 amide bonds. The molecule has 0 spiro atoms. The van der Waals surface area contributed by atoms with Crippen LogP contribution < -0.4 is 5.32 Å². The quantitative estimate of drug-likeness (QED) is 0.601. The van der Waals surface area contributed by atoms with Crippen LogP contribution in [-0.2, 0) is 16.8 Å². The smallest absolute Gasteiger partial charge is 0.342 e. The van der Waals surface area contributed by atoms with Crippen LogP contribution in [0.15, 0.2) is 36.5 Å². The van der Waals surface area contributed by atoms with Crippen molar-refractivity contribution in [2.75, 3.05) is 18.4 Å². The first-order chi connectivity index (χ1) is 16.6. The molecule has 0 atom stereocenters. The lowest BCUT2D eigenvalue weighted by Gasteiger charge is -2.40. The maximum Gasteiger partial charge on any atom is 0.403 e. The molecule has 35 heavy (non-hydrogen) atoms. The Kier molecular flexibility index (Phi) is 4.59. The summed E-state index contributed by atoms with van der Waals surface area (Å²) in [4.78, 5) is 26.2. The molecule has 3 heterocycles. The van der Waals surface area contributed by atoms with Crippen LogP contribution in [0.25, 0.3) is 10.8 Å². The number of likely N-dealkylation sites (tertiary alicyclic amines) is 1. The van der Waals surface area contributed by atoms with Crippen molar-refractivity contribution in [1.29, 1.82) is 0 Å². The lowest BCUT2D eigenvalue weighted by atomic mass is 9.88. The summed E-state index contributed by atoms with van der Waals surface area (Å²) in [6, 6.07) is 9.55. The van der Waals surface area contributed by atoms with Gasteiger partial charge < -0.3 is 10.2 Å². The number of carbonyl (C=O) groups excluding carboxylic acids is 2. The Morgan fingerprint density at radius 3 is 2.54 bits per heavy atom. The Labute approximate surface area is 199 Å². The van der Waals surface area contributed by atoms with E-state index in [-0.39, 0.29) is 31.8 Å². The lowest BCUT2D eigenvalue weighted by Crippen LogP contribution is -2.51. The normalized spacial score (nSPS) is 20.2. The summed E-state index contributed by atoms with van der Waals surface area (Å²) in [5, 5.41) is 13.5. The van der Waals surface area contributed by atoms with Crippen molar-refractivity contribution in [3.05, 3.63) is 53.3 Å². The van der Waals surface area contributed by atoms with Gasteiger partial charge in [-0.1, -0.05) is 23.4 Å². The fourth-order valence-corrected chi connectivity index (χ4v) is 5.41. The third kappa shape index (κ3) is 3.33. The van der Waals surface area contributed by atoms with E-state index in [1.54, 1.807) is 4.68 Å². The van der Waals surface area contributed by atoms with E-state index in [0.29, 0.717) is 24.8 Å². The van der Waals surface area contributed by atoms with Crippen LogP contribution in [0, 0.1) is 5.41 Å². The van der Waals surface area contributed by atoms with Crippen LogP contribution >= 0.6 is 0 Å². The molecular formula is C25H24F3N5O2. The zero-order valence-corrected chi connectivity index (χ0v) is 19.2. The summed E-state index contributed by atoms with van der Waals surface area (Å²) in [7, 11) is 0. The fourth-order valence-electron chi connectivity index (χ4n) is 5.41. The first-order valence-corrected chi connectivity index (χ1v) is 11.8. The largest absolute Gasteiger partial charge is 0.403 e. The predicted octanol–water partition coefficient (Wildman–Crippen LogP) is 4.27. The molecule has 0 bridgehead atoms. The van der Waals surface area contributed by atoms with Crippen LogP contribution in [0.3, 0.4) is 0 Å². The van der Waals surface area contributed by atoms with Crippen molar-refractivity contribution in [3.8, 4) is 0 Å². The molecule has 3 aromatic rings. The topological polar surface area (TPSA) is 80.1 Å². The van der Waals surface area contributed by atoms with E-state index >= 15 is 0 Å². The van der Waals surface area contributed by atoms with Gasteiger partial charge in [0.1, 0.15) is 5.41 Å². The van der Waals surface area contributed by atoms with Gasteiger partial charge in [-0.15, -0.1) is 5.10 Å². The van der Waals surface area contributed by atoms with Gasteiger partial charge in [0, 0.05) is 42.3 Å². The van der Waals surface area contributed by atoms with Gasteiger partial charge in [-0.25, -0.2) is 4.68 Å². The summed E-state index contributed by atoms with van der Waals surface area (Å²) in [6.45, 7) is 2.52. The Balaban J connectivity index is 1.18. The fraction of sp³-hybridized carbons (Fsp3) is 0.440. The van der Waals surface area contributed by atoms with Gasteiger partial charge >= 0.3 is 6.18 Å². The second-order valence-electron chi connectivity index (χ2n) is 10.2. The summed E-state index contributed by atoms with van der Waals surface area (Å²) in [5.74, 6) is -0.888. The van der Waals surface area contributed by atoms with E-state index < -0.39 is 23.0 Å². The van der Waals surface area contributed by atoms with Crippen LogP contribution in [0.2, 0.25) is 0 Å². The van der Waals surface area contributed by atoms with Gasteiger partial charge in [0.25, 0.3) is 5.91 Å². The third-order valence-corrected chi connectivity index (χ3v) is 7.92. The minimum absolute atomic E-state index is 0.103. The number of alkyl halides is 3. The number of hydrogen-bond acceptors (Lipinski definition) is 4. The molecule has 1 aliphatic carbocycles. The molecule has 3 aliphatic rings. The molecular weight excluding hydrogens is 459 g/mol. The molecule has 0 radical (unpaired) electrons. The molecule has 0 unspecified atom stereocenters. The minimum Gasteiger partial charge on any atom is -0.342 e. The zero-order chi connectivity index (χ0) is 24.6. The molecule has 6 rings (SSSR count). The van der Waals surface area contributed by atoms with E-state index in [1.165, 1.54) is 4.90 Å². The van der Waals surface area contributed by atoms with Crippen molar-refractivity contribution in [2.24, 2.45) is 5.41 Å². The third-order valence-electron chi connectivity index (χ3n) is 7.92. The lowest BCUT2D eigenvalue weighted by molar-refractivity contribution is -0.199. The summed E-state index contributed by atoms with van der Waals surface area (Å²) < 4.78 is 41.9. The second kappa shape index (κ2) is 7.29. The highest BCUT2D eigenvalue weighted by Gasteiger charge is 2.69. The van der Waals surface area contributed by atoms with E-state index in [9.17, 15) is 22.8 Å². The van der Waals surface area contributed by atoms with Gasteiger partial charge in [-0.05, 0) is 55.7 Å². The number of carbonyl (C=O) groups is 2. The number of anilines is 1. The zero-order valence-electron chi connectivity index (χ0n) is 19.2. The first kappa shape index (κ1) is 22.1. The summed E-state index contributed by atoms with van der Waals surface area (Å²) in [6.07, 6.45) is -1.30. The SMILES string of the molecule is CC1(n2cc(Cc3ccc4c5c(cccc35)C(=O)N4)nn2)CCN(C(=O)C2(C(F)(F)F)CC2)CC1. The molecule has 1 N–H and O–H groups in total. The van der Waals surface area contributed by atoms with E-state index in [1.807, 2.05) is 43.5 Å².